The van der Waals surface area contributed by atoms with Gasteiger partial charge in [-0.25, -0.2) is 9.37 Å². The fourth-order valence-corrected chi connectivity index (χ4v) is 4.21. The van der Waals surface area contributed by atoms with Gasteiger partial charge in [-0.05, 0) is 62.4 Å². The fraction of sp³-hybridized carbons (Fsp3) is 0.250. The van der Waals surface area contributed by atoms with Crippen molar-refractivity contribution in [3.63, 3.8) is 0 Å². The van der Waals surface area contributed by atoms with Gasteiger partial charge < -0.3 is 18.8 Å². The number of benzene rings is 1. The van der Waals surface area contributed by atoms with Crippen molar-refractivity contribution in [3.05, 3.63) is 77.6 Å². The average molecular weight is 533 g/mol. The van der Waals surface area contributed by atoms with E-state index in [-0.39, 0.29) is 46.3 Å². The van der Waals surface area contributed by atoms with E-state index in [1.807, 2.05) is 24.1 Å². The number of furan rings is 1. The summed E-state index contributed by atoms with van der Waals surface area (Å²) in [6.45, 7) is 2.91. The third kappa shape index (κ3) is 5.78. The lowest BCUT2D eigenvalue weighted by molar-refractivity contribution is -0.144. The number of halogens is 1. The average Bonchev–Trinajstić information content (AvgIpc) is 3.20. The first-order valence-corrected chi connectivity index (χ1v) is 12.3. The van der Waals surface area contributed by atoms with Crippen LogP contribution in [0.15, 0.2) is 59.3 Å². The topological polar surface area (TPSA) is 115 Å². The first kappa shape index (κ1) is 26.0. The summed E-state index contributed by atoms with van der Waals surface area (Å²) in [7, 11) is 1.93. The Morgan fingerprint density at radius 3 is 2.46 bits per heavy atom. The maximum Gasteiger partial charge on any atom is 0.322 e. The normalized spacial score (nSPS) is 13.1. The Balaban J connectivity index is 1.51. The van der Waals surface area contributed by atoms with Crippen molar-refractivity contribution in [1.29, 1.82) is 0 Å². The number of hydrogen-bond donors (Lipinski definition) is 0. The van der Waals surface area contributed by atoms with Gasteiger partial charge in [0, 0.05) is 43.7 Å². The molecule has 6 rings (SSSR count). The maximum atomic E-state index is 13.7. The predicted molar refractivity (Wildman–Crippen MR) is 138 cm³/mol. The molecule has 0 atom stereocenters. The van der Waals surface area contributed by atoms with Gasteiger partial charge in [0.05, 0.1) is 0 Å². The lowest BCUT2D eigenvalue weighted by Crippen LogP contribution is -2.39. The second kappa shape index (κ2) is 11.0. The van der Waals surface area contributed by atoms with Gasteiger partial charge in [-0.15, -0.1) is 0 Å². The Morgan fingerprint density at radius 2 is 1.72 bits per heavy atom. The number of ether oxygens (including phenoxy) is 2. The lowest BCUT2D eigenvalue weighted by atomic mass is 10.1. The molecule has 1 aromatic carbocycles. The largest absolute Gasteiger partial charge is 0.455 e. The highest BCUT2D eigenvalue weighted by atomic mass is 19.1. The second-order valence-electron chi connectivity index (χ2n) is 9.14. The van der Waals surface area contributed by atoms with Crippen LogP contribution >= 0.6 is 0 Å². The van der Waals surface area contributed by atoms with Crippen molar-refractivity contribution in [1.82, 2.24) is 14.9 Å². The monoisotopic (exact) mass is 532 g/mol. The summed E-state index contributed by atoms with van der Waals surface area (Å²) in [5.41, 5.74) is 1.79. The van der Waals surface area contributed by atoms with Gasteiger partial charge in [-0.2, -0.15) is 0 Å². The summed E-state index contributed by atoms with van der Waals surface area (Å²) in [4.78, 5) is 50.5. The maximum absolute atomic E-state index is 13.7. The van der Waals surface area contributed by atoms with Crippen LogP contribution in [-0.4, -0.2) is 59.4 Å². The Bertz CT molecular complexity index is 1540. The van der Waals surface area contributed by atoms with Crippen LogP contribution in [0.4, 0.5) is 10.2 Å². The summed E-state index contributed by atoms with van der Waals surface area (Å²) < 4.78 is 30.1. The van der Waals surface area contributed by atoms with Crippen LogP contribution in [0.1, 0.15) is 28.1 Å². The second-order valence-corrected chi connectivity index (χ2v) is 9.14. The van der Waals surface area contributed by atoms with E-state index in [0.717, 1.165) is 12.0 Å². The van der Waals surface area contributed by atoms with Gasteiger partial charge >= 0.3 is 11.9 Å². The number of nitrogens with zero attached hydrogens (tertiary/aromatic N) is 4. The van der Waals surface area contributed by atoms with Gasteiger partial charge in [0.2, 0.25) is 0 Å². The number of anilines is 1. The zero-order valence-electron chi connectivity index (χ0n) is 21.3. The summed E-state index contributed by atoms with van der Waals surface area (Å²) in [5, 5.41) is 0. The summed E-state index contributed by atoms with van der Waals surface area (Å²) in [6, 6.07) is 10.5. The van der Waals surface area contributed by atoms with Crippen LogP contribution in [0.25, 0.3) is 11.1 Å². The molecule has 0 aliphatic carbocycles. The van der Waals surface area contributed by atoms with Crippen LogP contribution in [0.3, 0.4) is 0 Å². The van der Waals surface area contributed by atoms with Crippen LogP contribution < -0.4 is 14.4 Å². The number of rotatable bonds is 8. The molecular weight excluding hydrogens is 507 g/mol. The molecule has 5 heterocycles. The minimum absolute atomic E-state index is 0.0441. The van der Waals surface area contributed by atoms with Gasteiger partial charge in [0.25, 0.3) is 5.91 Å². The van der Waals surface area contributed by atoms with E-state index in [9.17, 15) is 18.8 Å². The Kier molecular flexibility index (Phi) is 7.33. The number of aromatic nitrogens is 2. The number of pyridine rings is 2. The number of likely N-dealkylation sites (N-methyl/N-ethyl adjacent to an activating group) is 1. The lowest BCUT2D eigenvalue weighted by Gasteiger charge is -2.26. The number of carbonyl (C=O) groups excluding carboxylic acids is 3. The molecule has 0 N–H and O–H groups in total. The first-order valence-electron chi connectivity index (χ1n) is 12.3. The van der Waals surface area contributed by atoms with E-state index < -0.39 is 30.1 Å². The molecule has 0 fully saturated rings. The molecule has 39 heavy (non-hydrogen) atoms. The Labute approximate surface area is 223 Å². The molecular formula is C28H25FN4O6. The molecule has 0 radical (unpaired) electrons. The van der Waals surface area contributed by atoms with Crippen molar-refractivity contribution in [3.8, 4) is 11.5 Å². The molecule has 0 saturated heterocycles. The van der Waals surface area contributed by atoms with Gasteiger partial charge in [-0.1, -0.05) is 0 Å². The molecule has 4 bridgehead atoms. The van der Waals surface area contributed by atoms with Gasteiger partial charge in [0.1, 0.15) is 18.0 Å². The Hall–Kier alpha value is -4.64. The smallest absolute Gasteiger partial charge is 0.322 e. The molecule has 3 aromatic heterocycles. The van der Waals surface area contributed by atoms with E-state index in [0.29, 0.717) is 13.1 Å². The zero-order valence-corrected chi connectivity index (χ0v) is 21.3. The highest BCUT2D eigenvalue weighted by Gasteiger charge is 2.30. The number of hydrogen-bond acceptors (Lipinski definition) is 9. The fourth-order valence-electron chi connectivity index (χ4n) is 4.21. The number of fused-ring (bicyclic) bond motifs is 5. The molecule has 11 heteroatoms. The van der Waals surface area contributed by atoms with Crippen LogP contribution in [0, 0.1) is 12.7 Å². The van der Waals surface area contributed by atoms with Crippen molar-refractivity contribution < 1.29 is 32.7 Å². The van der Waals surface area contributed by atoms with Crippen LogP contribution in [0.2, 0.25) is 0 Å². The van der Waals surface area contributed by atoms with Crippen molar-refractivity contribution in [2.75, 3.05) is 31.6 Å². The quantitative estimate of drug-likeness (QED) is 0.247. The van der Waals surface area contributed by atoms with Crippen LogP contribution in [0.5, 0.6) is 11.5 Å². The molecule has 0 saturated carbocycles. The van der Waals surface area contributed by atoms with Gasteiger partial charge in [-0.3, -0.25) is 24.3 Å². The number of amides is 1. The first-order chi connectivity index (χ1) is 18.8. The highest BCUT2D eigenvalue weighted by molar-refractivity contribution is 6.07. The zero-order chi connectivity index (χ0) is 27.5. The minimum Gasteiger partial charge on any atom is -0.455 e. The predicted octanol–water partition coefficient (Wildman–Crippen LogP) is 3.71. The highest BCUT2D eigenvalue weighted by Crippen LogP contribution is 2.39. The van der Waals surface area contributed by atoms with Crippen molar-refractivity contribution >= 4 is 34.8 Å². The summed E-state index contributed by atoms with van der Waals surface area (Å²) >= 11 is 0. The van der Waals surface area contributed by atoms with Crippen molar-refractivity contribution in [2.24, 2.45) is 0 Å². The van der Waals surface area contributed by atoms with E-state index >= 15 is 0 Å². The van der Waals surface area contributed by atoms with Gasteiger partial charge in [0.15, 0.2) is 28.4 Å². The third-order valence-corrected chi connectivity index (χ3v) is 6.29. The molecule has 2 aliphatic heterocycles. The number of carbonyl (C=O) groups is 3. The molecule has 200 valence electrons. The number of esters is 2. The van der Waals surface area contributed by atoms with E-state index in [1.54, 1.807) is 19.3 Å². The molecule has 0 spiro atoms. The minimum atomic E-state index is -0.869. The molecule has 4 aromatic rings. The number of aryl methyl sites for hydroxylation is 1. The van der Waals surface area contributed by atoms with E-state index in [1.165, 1.54) is 35.2 Å². The Morgan fingerprint density at radius 1 is 1.00 bits per heavy atom. The van der Waals surface area contributed by atoms with E-state index in [2.05, 4.69) is 9.97 Å². The van der Waals surface area contributed by atoms with Crippen molar-refractivity contribution in [2.45, 2.75) is 19.8 Å². The van der Waals surface area contributed by atoms with Crippen LogP contribution in [-0.2, 0) is 16.0 Å². The van der Waals surface area contributed by atoms with E-state index in [4.69, 9.17) is 13.9 Å². The third-order valence-electron chi connectivity index (χ3n) is 6.29. The summed E-state index contributed by atoms with van der Waals surface area (Å²) in [5.74, 6) is -2.28. The molecule has 2 aliphatic rings. The SMILES string of the molecule is Cc1oc2cc3c(N(CCN(C)CCc4ccncc4)C(=O)c4ccc(F)cc4)nc2c1OC(=O)CC(=O)O3. The molecule has 0 unspecified atom stereocenters. The molecule has 10 nitrogen and oxygen atoms in total. The summed E-state index contributed by atoms with van der Waals surface area (Å²) in [6.07, 6.45) is 3.62. The standard InChI is InChI=1S/C28H25FN4O6/c1-17-26-25-21(37-17)15-22(38-23(34)16-24(35)39-26)27(31-25)33(28(36)19-3-5-20(29)6-4-19)14-13-32(2)12-9-18-7-10-30-11-8-18/h3-8,10-11,15H,9,12-14,16H2,1-2H3. The molecule has 1 amide bonds.